The summed E-state index contributed by atoms with van der Waals surface area (Å²) in [5.74, 6) is 0.119. The van der Waals surface area contributed by atoms with Crippen LogP contribution in [0, 0.1) is 0 Å². The van der Waals surface area contributed by atoms with Crippen LogP contribution in [-0.4, -0.2) is 40.3 Å². The number of benzene rings is 1. The van der Waals surface area contributed by atoms with Crippen molar-refractivity contribution in [3.8, 4) is 11.3 Å². The summed E-state index contributed by atoms with van der Waals surface area (Å²) in [6, 6.07) is 7.16. The van der Waals surface area contributed by atoms with Gasteiger partial charge in [-0.2, -0.15) is 18.3 Å². The Morgan fingerprint density at radius 3 is 2.76 bits per heavy atom. The monoisotopic (exact) mass is 467 g/mol. The molecular weight excluding hydrogens is 451 g/mol. The van der Waals surface area contributed by atoms with Gasteiger partial charge >= 0.3 is 11.9 Å². The van der Waals surface area contributed by atoms with E-state index in [2.05, 4.69) is 25.0 Å². The molecule has 0 amide bonds. The molecule has 2 N–H and O–H groups in total. The number of aromatic nitrogens is 7. The molecule has 0 bridgehead atoms. The number of hydrogen-bond donors (Lipinski definition) is 2. The minimum atomic E-state index is -4.34. The smallest absolute Gasteiger partial charge is 0.321 e. The Morgan fingerprint density at radius 1 is 1.12 bits per heavy atom. The van der Waals surface area contributed by atoms with Crippen LogP contribution in [0.25, 0.3) is 27.9 Å². The number of alkyl halides is 3. The number of H-pyrrole nitrogens is 2. The van der Waals surface area contributed by atoms with Gasteiger partial charge in [0.05, 0.1) is 28.6 Å². The lowest BCUT2D eigenvalue weighted by Crippen LogP contribution is -2.23. The van der Waals surface area contributed by atoms with Crippen molar-refractivity contribution < 1.29 is 13.2 Å². The van der Waals surface area contributed by atoms with Crippen molar-refractivity contribution in [1.82, 2.24) is 34.1 Å². The number of rotatable bonds is 4. The molecular formula is C22H16F3N7O2. The van der Waals surface area contributed by atoms with Crippen LogP contribution in [0.2, 0.25) is 0 Å². The van der Waals surface area contributed by atoms with Crippen LogP contribution in [0.5, 0.6) is 0 Å². The largest absolute Gasteiger partial charge is 0.406 e. The molecule has 0 unspecified atom stereocenters. The lowest BCUT2D eigenvalue weighted by atomic mass is 10.0. The van der Waals surface area contributed by atoms with Crippen LogP contribution in [0.4, 0.5) is 13.2 Å². The summed E-state index contributed by atoms with van der Waals surface area (Å²) in [5, 5.41) is 4.44. The minimum Gasteiger partial charge on any atom is -0.321 e. The first-order valence-corrected chi connectivity index (χ1v) is 10.4. The van der Waals surface area contributed by atoms with Crippen molar-refractivity contribution in [1.29, 1.82) is 0 Å². The third-order valence-electron chi connectivity index (χ3n) is 6.10. The average molecular weight is 467 g/mol. The predicted octanol–water partition coefficient (Wildman–Crippen LogP) is 2.96. The van der Waals surface area contributed by atoms with E-state index in [1.165, 1.54) is 12.5 Å². The highest BCUT2D eigenvalue weighted by Gasteiger charge is 2.41. The summed E-state index contributed by atoms with van der Waals surface area (Å²) in [7, 11) is 0. The topological polar surface area (TPSA) is 114 Å². The standard InChI is InChI=1S/C22H16F3N7O2/c23-22(24,25)9-31-10-28-16-2-1-11(5-18(16)31)12-6-13(12)14-7-17(30-32-4-3-26-19(14)32)15-8-27-21(34)29-20(15)33/h1-5,7-8,10,12-13H,6,9H2,(H2,27,29,33,34)/t12-,13+/m1/s1. The van der Waals surface area contributed by atoms with Gasteiger partial charge in [-0.25, -0.2) is 19.3 Å². The number of halogens is 3. The predicted molar refractivity (Wildman–Crippen MR) is 116 cm³/mol. The van der Waals surface area contributed by atoms with Gasteiger partial charge in [-0.15, -0.1) is 0 Å². The molecule has 1 fully saturated rings. The Kier molecular flexibility index (Phi) is 4.28. The lowest BCUT2D eigenvalue weighted by molar-refractivity contribution is -0.139. The van der Waals surface area contributed by atoms with E-state index in [0.29, 0.717) is 22.4 Å². The highest BCUT2D eigenvalue weighted by atomic mass is 19.4. The highest BCUT2D eigenvalue weighted by molar-refractivity contribution is 5.76. The zero-order valence-corrected chi connectivity index (χ0v) is 17.4. The number of aromatic amines is 2. The summed E-state index contributed by atoms with van der Waals surface area (Å²) in [6.07, 6.45) is 2.22. The fraction of sp³-hybridized carbons (Fsp3) is 0.227. The van der Waals surface area contributed by atoms with Crippen molar-refractivity contribution in [3.05, 3.63) is 81.1 Å². The molecule has 2 atom stereocenters. The van der Waals surface area contributed by atoms with Gasteiger partial charge in [-0.1, -0.05) is 6.07 Å². The second-order valence-electron chi connectivity index (χ2n) is 8.35. The van der Waals surface area contributed by atoms with Gasteiger partial charge in [-0.05, 0) is 42.0 Å². The van der Waals surface area contributed by atoms with Gasteiger partial charge in [0, 0.05) is 24.2 Å². The Morgan fingerprint density at radius 2 is 1.97 bits per heavy atom. The molecule has 9 nitrogen and oxygen atoms in total. The van der Waals surface area contributed by atoms with Gasteiger partial charge in [-0.3, -0.25) is 9.78 Å². The fourth-order valence-corrected chi connectivity index (χ4v) is 4.48. The summed E-state index contributed by atoms with van der Waals surface area (Å²) in [5.41, 5.74) is 2.78. The summed E-state index contributed by atoms with van der Waals surface area (Å²) in [6.45, 7) is -1.10. The first-order valence-electron chi connectivity index (χ1n) is 10.4. The Bertz CT molecular complexity index is 1680. The molecule has 4 aromatic heterocycles. The van der Waals surface area contributed by atoms with Crippen molar-refractivity contribution in [2.45, 2.75) is 31.0 Å². The number of imidazole rings is 2. The van der Waals surface area contributed by atoms with Gasteiger partial charge in [0.1, 0.15) is 6.54 Å². The molecule has 6 rings (SSSR count). The van der Waals surface area contributed by atoms with E-state index in [-0.39, 0.29) is 17.4 Å². The maximum atomic E-state index is 12.9. The Labute approximate surface area is 187 Å². The van der Waals surface area contributed by atoms with Crippen LogP contribution in [0.1, 0.15) is 29.4 Å². The second kappa shape index (κ2) is 7.14. The Balaban J connectivity index is 1.39. The van der Waals surface area contributed by atoms with E-state index in [4.69, 9.17) is 0 Å². The van der Waals surface area contributed by atoms with E-state index < -0.39 is 24.0 Å². The zero-order chi connectivity index (χ0) is 23.6. The molecule has 1 aliphatic rings. The number of fused-ring (bicyclic) bond motifs is 2. The molecule has 1 aliphatic carbocycles. The summed E-state index contributed by atoms with van der Waals surface area (Å²) >= 11 is 0. The van der Waals surface area contributed by atoms with E-state index >= 15 is 0 Å². The van der Waals surface area contributed by atoms with E-state index in [9.17, 15) is 22.8 Å². The second-order valence-corrected chi connectivity index (χ2v) is 8.35. The summed E-state index contributed by atoms with van der Waals surface area (Å²) in [4.78, 5) is 36.8. The molecule has 12 heteroatoms. The van der Waals surface area contributed by atoms with Crippen molar-refractivity contribution in [3.63, 3.8) is 0 Å². The van der Waals surface area contributed by atoms with Crippen LogP contribution in [0.15, 0.2) is 58.8 Å². The maximum Gasteiger partial charge on any atom is 0.406 e. The van der Waals surface area contributed by atoms with E-state index in [1.54, 1.807) is 35.1 Å². The van der Waals surface area contributed by atoms with Crippen LogP contribution >= 0.6 is 0 Å². The van der Waals surface area contributed by atoms with Crippen LogP contribution < -0.4 is 11.2 Å². The van der Waals surface area contributed by atoms with Crippen LogP contribution in [-0.2, 0) is 6.54 Å². The molecule has 1 saturated carbocycles. The first-order chi connectivity index (χ1) is 16.3. The van der Waals surface area contributed by atoms with Crippen molar-refractivity contribution >= 4 is 16.7 Å². The highest BCUT2D eigenvalue weighted by Crippen LogP contribution is 2.56. The molecule has 172 valence electrons. The molecule has 0 saturated heterocycles. The number of nitrogens with zero attached hydrogens (tertiary/aromatic N) is 5. The molecule has 1 aromatic carbocycles. The van der Waals surface area contributed by atoms with E-state index in [1.807, 2.05) is 6.07 Å². The number of nitrogens with one attached hydrogen (secondary N) is 2. The minimum absolute atomic E-state index is 0.0462. The zero-order valence-electron chi connectivity index (χ0n) is 17.4. The van der Waals surface area contributed by atoms with E-state index in [0.717, 1.165) is 22.1 Å². The van der Waals surface area contributed by atoms with Crippen LogP contribution in [0.3, 0.4) is 0 Å². The SMILES string of the molecule is O=c1[nH]cc(-c2cc([C@H]3C[C@@H]3c3ccc4ncn(CC(F)(F)F)c4c3)c3nccn3n2)c(=O)[nH]1. The average Bonchev–Trinajstić information content (AvgIpc) is 3.26. The lowest BCUT2D eigenvalue weighted by Gasteiger charge is -2.09. The molecule has 0 radical (unpaired) electrons. The first kappa shape index (κ1) is 20.4. The third-order valence-corrected chi connectivity index (χ3v) is 6.10. The van der Waals surface area contributed by atoms with Gasteiger partial charge in [0.2, 0.25) is 0 Å². The molecule has 0 spiro atoms. The van der Waals surface area contributed by atoms with Gasteiger partial charge in [0.25, 0.3) is 5.56 Å². The quantitative estimate of drug-likeness (QED) is 0.422. The molecule has 4 heterocycles. The number of hydrogen-bond acceptors (Lipinski definition) is 5. The maximum absolute atomic E-state index is 12.9. The fourth-order valence-electron chi connectivity index (χ4n) is 4.48. The third kappa shape index (κ3) is 3.47. The van der Waals surface area contributed by atoms with Crippen molar-refractivity contribution in [2.75, 3.05) is 0 Å². The summed E-state index contributed by atoms with van der Waals surface area (Å²) < 4.78 is 41.5. The van der Waals surface area contributed by atoms with Gasteiger partial charge in [0.15, 0.2) is 5.65 Å². The Hall–Kier alpha value is -4.22. The molecule has 5 aromatic rings. The molecule has 34 heavy (non-hydrogen) atoms. The normalized spacial score (nSPS) is 18.1. The van der Waals surface area contributed by atoms with Gasteiger partial charge < -0.3 is 9.55 Å². The molecule has 0 aliphatic heterocycles. The van der Waals surface area contributed by atoms with Crippen molar-refractivity contribution in [2.24, 2.45) is 0 Å².